The number of rotatable bonds is 13. The van der Waals surface area contributed by atoms with E-state index in [1.807, 2.05) is 0 Å². The molecule has 0 heterocycles. The van der Waals surface area contributed by atoms with Crippen molar-refractivity contribution < 1.29 is 9.53 Å². The zero-order valence-electron chi connectivity index (χ0n) is 13.9. The number of esters is 1. The fraction of sp³-hybridized carbons (Fsp3) is 0.632. The topological polar surface area (TPSA) is 26.3 Å². The van der Waals surface area contributed by atoms with Crippen molar-refractivity contribution in [1.82, 2.24) is 0 Å². The van der Waals surface area contributed by atoms with Crippen molar-refractivity contribution in [2.75, 3.05) is 7.11 Å². The van der Waals surface area contributed by atoms with Crippen LogP contribution < -0.4 is 0 Å². The molecule has 0 N–H and O–H groups in total. The quantitative estimate of drug-likeness (QED) is 0.245. The van der Waals surface area contributed by atoms with E-state index in [0.717, 1.165) is 32.1 Å². The maximum Gasteiger partial charge on any atom is 0.305 e. The van der Waals surface area contributed by atoms with E-state index in [9.17, 15) is 4.79 Å². The molecule has 0 saturated heterocycles. The van der Waals surface area contributed by atoms with Gasteiger partial charge in [-0.3, -0.25) is 4.79 Å². The van der Waals surface area contributed by atoms with Crippen LogP contribution in [0.1, 0.15) is 71.1 Å². The van der Waals surface area contributed by atoms with E-state index in [4.69, 9.17) is 0 Å². The van der Waals surface area contributed by atoms with Crippen molar-refractivity contribution in [1.29, 1.82) is 0 Å². The first-order valence-electron chi connectivity index (χ1n) is 8.33. The molecule has 21 heavy (non-hydrogen) atoms. The molecule has 0 aliphatic carbocycles. The number of allylic oxidation sites excluding steroid dienone is 6. The second kappa shape index (κ2) is 16.7. The molecule has 0 saturated carbocycles. The van der Waals surface area contributed by atoms with Gasteiger partial charge in [-0.25, -0.2) is 0 Å². The van der Waals surface area contributed by atoms with Crippen LogP contribution in [0.3, 0.4) is 0 Å². The van der Waals surface area contributed by atoms with Gasteiger partial charge in [0.2, 0.25) is 0 Å². The summed E-state index contributed by atoms with van der Waals surface area (Å²) in [5.41, 5.74) is 0. The smallest absolute Gasteiger partial charge is 0.305 e. The molecule has 0 unspecified atom stereocenters. The third-order valence-corrected chi connectivity index (χ3v) is 3.25. The highest BCUT2D eigenvalue weighted by atomic mass is 16.5. The van der Waals surface area contributed by atoms with Crippen molar-refractivity contribution in [3.63, 3.8) is 0 Å². The fourth-order valence-corrected chi connectivity index (χ4v) is 1.92. The first kappa shape index (κ1) is 19.7. The maximum absolute atomic E-state index is 10.9. The van der Waals surface area contributed by atoms with Crippen LogP contribution in [0, 0.1) is 0 Å². The van der Waals surface area contributed by atoms with Crippen LogP contribution in [0.2, 0.25) is 0 Å². The minimum absolute atomic E-state index is 0.107. The molecule has 0 aliphatic rings. The van der Waals surface area contributed by atoms with Crippen LogP contribution >= 0.6 is 0 Å². The summed E-state index contributed by atoms with van der Waals surface area (Å²) in [5, 5.41) is 0. The van der Waals surface area contributed by atoms with Gasteiger partial charge in [-0.15, -0.1) is 0 Å². The second-order valence-electron chi connectivity index (χ2n) is 5.20. The predicted octanol–water partition coefficient (Wildman–Crippen LogP) is 5.75. The summed E-state index contributed by atoms with van der Waals surface area (Å²) in [4.78, 5) is 10.9. The van der Waals surface area contributed by atoms with Crippen LogP contribution in [0.4, 0.5) is 0 Å². The van der Waals surface area contributed by atoms with Gasteiger partial charge in [0.1, 0.15) is 0 Å². The average Bonchev–Trinajstić information content (AvgIpc) is 2.50. The number of hydrogen-bond acceptors (Lipinski definition) is 2. The summed E-state index contributed by atoms with van der Waals surface area (Å²) in [5.74, 6) is -0.107. The number of ether oxygens (including phenoxy) is 1. The van der Waals surface area contributed by atoms with Gasteiger partial charge in [0.25, 0.3) is 0 Å². The van der Waals surface area contributed by atoms with Crippen LogP contribution in [0.15, 0.2) is 36.5 Å². The number of hydrogen-bond donors (Lipinski definition) is 0. The van der Waals surface area contributed by atoms with E-state index in [1.54, 1.807) is 0 Å². The number of carbonyl (C=O) groups is 1. The SMILES string of the molecule is CCCCC/C=C\C/C=C\C/C=C\CCCCC(=O)OC. The average molecular weight is 292 g/mol. The molecule has 0 spiro atoms. The van der Waals surface area contributed by atoms with E-state index in [0.29, 0.717) is 6.42 Å². The minimum Gasteiger partial charge on any atom is -0.469 e. The number of unbranched alkanes of at least 4 members (excludes halogenated alkanes) is 5. The maximum atomic E-state index is 10.9. The van der Waals surface area contributed by atoms with Gasteiger partial charge >= 0.3 is 5.97 Å². The molecular weight excluding hydrogens is 260 g/mol. The van der Waals surface area contributed by atoms with E-state index < -0.39 is 0 Å². The molecule has 0 rings (SSSR count). The van der Waals surface area contributed by atoms with Crippen LogP contribution in [-0.2, 0) is 9.53 Å². The van der Waals surface area contributed by atoms with Crippen molar-refractivity contribution in [2.24, 2.45) is 0 Å². The summed E-state index contributed by atoms with van der Waals surface area (Å²) >= 11 is 0. The van der Waals surface area contributed by atoms with Crippen molar-refractivity contribution in [3.8, 4) is 0 Å². The number of carbonyl (C=O) groups excluding carboxylic acids is 1. The highest BCUT2D eigenvalue weighted by Crippen LogP contribution is 2.03. The first-order valence-corrected chi connectivity index (χ1v) is 8.33. The molecular formula is C19H32O2. The summed E-state index contributed by atoms with van der Waals surface area (Å²) in [6.07, 6.45) is 24.1. The highest BCUT2D eigenvalue weighted by Gasteiger charge is 1.97. The lowest BCUT2D eigenvalue weighted by Crippen LogP contribution is -1.98. The predicted molar refractivity (Wildman–Crippen MR) is 91.3 cm³/mol. The molecule has 0 aliphatic heterocycles. The first-order chi connectivity index (χ1) is 10.3. The Morgan fingerprint density at radius 3 is 1.86 bits per heavy atom. The van der Waals surface area contributed by atoms with Gasteiger partial charge in [-0.2, -0.15) is 0 Å². The van der Waals surface area contributed by atoms with Gasteiger partial charge in [0.15, 0.2) is 0 Å². The van der Waals surface area contributed by atoms with E-state index in [-0.39, 0.29) is 5.97 Å². The van der Waals surface area contributed by atoms with Crippen molar-refractivity contribution in [3.05, 3.63) is 36.5 Å². The standard InChI is InChI=1S/C19H32O2/c1-3-4-5-6-7-8-9-10-11-12-13-14-15-16-17-18-19(20)21-2/h7-8,10-11,13-14H,3-6,9,12,15-18H2,1-2H3/b8-7-,11-10-,14-13-. The lowest BCUT2D eigenvalue weighted by molar-refractivity contribution is -0.140. The molecule has 120 valence electrons. The Bertz CT molecular complexity index is 314. The Morgan fingerprint density at radius 2 is 1.33 bits per heavy atom. The monoisotopic (exact) mass is 292 g/mol. The molecule has 0 bridgehead atoms. The summed E-state index contributed by atoms with van der Waals surface area (Å²) in [6.45, 7) is 2.24. The number of methoxy groups -OCH3 is 1. The Kier molecular flexibility index (Phi) is 15.7. The largest absolute Gasteiger partial charge is 0.469 e. The molecule has 0 atom stereocenters. The van der Waals surface area contributed by atoms with Gasteiger partial charge < -0.3 is 4.74 Å². The zero-order valence-corrected chi connectivity index (χ0v) is 13.9. The lowest BCUT2D eigenvalue weighted by atomic mass is 10.2. The Labute approximate surface area is 131 Å². The Morgan fingerprint density at radius 1 is 0.810 bits per heavy atom. The summed E-state index contributed by atoms with van der Waals surface area (Å²) < 4.78 is 4.60. The van der Waals surface area contributed by atoms with Gasteiger partial charge in [0.05, 0.1) is 7.11 Å². The molecule has 0 aromatic heterocycles. The highest BCUT2D eigenvalue weighted by molar-refractivity contribution is 5.68. The second-order valence-corrected chi connectivity index (χ2v) is 5.20. The molecule has 0 amide bonds. The molecule has 0 radical (unpaired) electrons. The van der Waals surface area contributed by atoms with Gasteiger partial charge in [-0.1, -0.05) is 56.2 Å². The Balaban J connectivity index is 3.34. The molecule has 0 aromatic rings. The van der Waals surface area contributed by atoms with Crippen LogP contribution in [-0.4, -0.2) is 13.1 Å². The van der Waals surface area contributed by atoms with Gasteiger partial charge in [-0.05, 0) is 44.9 Å². The van der Waals surface area contributed by atoms with Gasteiger partial charge in [0, 0.05) is 6.42 Å². The van der Waals surface area contributed by atoms with Crippen molar-refractivity contribution in [2.45, 2.75) is 71.1 Å². The molecule has 2 nitrogen and oxygen atoms in total. The summed E-state index contributed by atoms with van der Waals surface area (Å²) in [7, 11) is 1.44. The van der Waals surface area contributed by atoms with E-state index in [2.05, 4.69) is 48.1 Å². The van der Waals surface area contributed by atoms with Crippen molar-refractivity contribution >= 4 is 5.97 Å². The van der Waals surface area contributed by atoms with E-state index >= 15 is 0 Å². The third-order valence-electron chi connectivity index (χ3n) is 3.25. The van der Waals surface area contributed by atoms with Crippen LogP contribution in [0.5, 0.6) is 0 Å². The molecule has 2 heteroatoms. The lowest BCUT2D eigenvalue weighted by Gasteiger charge is -1.96. The normalized spacial score (nSPS) is 11.9. The third kappa shape index (κ3) is 16.6. The zero-order chi connectivity index (χ0) is 15.6. The molecule has 0 aromatic carbocycles. The Hall–Kier alpha value is -1.31. The molecule has 0 fully saturated rings. The van der Waals surface area contributed by atoms with Crippen LogP contribution in [0.25, 0.3) is 0 Å². The fourth-order valence-electron chi connectivity index (χ4n) is 1.92. The summed E-state index contributed by atoms with van der Waals surface area (Å²) in [6, 6.07) is 0. The van der Waals surface area contributed by atoms with E-state index in [1.165, 1.54) is 32.8 Å². The minimum atomic E-state index is -0.107.